The molecule has 0 saturated carbocycles. The molecule has 1 unspecified atom stereocenters. The Balaban J connectivity index is 1.82. The summed E-state index contributed by atoms with van der Waals surface area (Å²) in [5, 5.41) is 3.25. The average Bonchev–Trinajstić information content (AvgIpc) is 2.86. The van der Waals surface area contributed by atoms with E-state index >= 15 is 0 Å². The van der Waals surface area contributed by atoms with Gasteiger partial charge in [-0.1, -0.05) is 26.8 Å². The van der Waals surface area contributed by atoms with Gasteiger partial charge in [-0.05, 0) is 31.3 Å². The summed E-state index contributed by atoms with van der Waals surface area (Å²) in [6, 6.07) is 0.425. The second-order valence-electron chi connectivity index (χ2n) is 7.62. The van der Waals surface area contributed by atoms with Gasteiger partial charge in [0.25, 0.3) is 0 Å². The van der Waals surface area contributed by atoms with Crippen molar-refractivity contribution < 1.29 is 4.74 Å². The number of aliphatic imine (C=N–C) groups is 1. The summed E-state index contributed by atoms with van der Waals surface area (Å²) in [7, 11) is 1.98. The standard InChI is InChI=1S/C18H29N3O/c1-18(2,3)17-20-15-11-14(19-4)5-6-16(15)21(17)12-13-7-9-22-10-8-13/h5,11,13,16,19H,6-10,12H2,1-4H3. The van der Waals surface area contributed by atoms with Crippen LogP contribution in [0, 0.1) is 11.3 Å². The molecule has 0 aromatic heterocycles. The van der Waals surface area contributed by atoms with Gasteiger partial charge in [-0.2, -0.15) is 0 Å². The maximum absolute atomic E-state index is 5.52. The molecule has 2 aliphatic heterocycles. The van der Waals surface area contributed by atoms with Crippen molar-refractivity contribution >= 4 is 5.84 Å². The minimum Gasteiger partial charge on any atom is -0.388 e. The lowest BCUT2D eigenvalue weighted by Gasteiger charge is -2.37. The number of rotatable bonds is 3. The van der Waals surface area contributed by atoms with E-state index < -0.39 is 0 Å². The van der Waals surface area contributed by atoms with Crippen molar-refractivity contribution in [2.24, 2.45) is 16.3 Å². The molecular weight excluding hydrogens is 274 g/mol. The number of hydrogen-bond acceptors (Lipinski definition) is 4. The van der Waals surface area contributed by atoms with Crippen molar-refractivity contribution in [3.63, 3.8) is 0 Å². The van der Waals surface area contributed by atoms with Crippen LogP contribution in [0.15, 0.2) is 28.5 Å². The fourth-order valence-corrected chi connectivity index (χ4v) is 3.60. The van der Waals surface area contributed by atoms with Gasteiger partial charge in [0.2, 0.25) is 0 Å². The van der Waals surface area contributed by atoms with Crippen LogP contribution in [0.2, 0.25) is 0 Å². The van der Waals surface area contributed by atoms with Crippen LogP contribution >= 0.6 is 0 Å². The highest BCUT2D eigenvalue weighted by atomic mass is 16.5. The number of ether oxygens (including phenoxy) is 1. The van der Waals surface area contributed by atoms with Crippen molar-refractivity contribution in [3.05, 3.63) is 23.5 Å². The molecule has 3 rings (SSSR count). The van der Waals surface area contributed by atoms with E-state index in [1.54, 1.807) is 0 Å². The number of nitrogens with zero attached hydrogens (tertiary/aromatic N) is 2. The highest BCUT2D eigenvalue weighted by Crippen LogP contribution is 2.36. The Labute approximate surface area is 134 Å². The van der Waals surface area contributed by atoms with E-state index in [2.05, 4.69) is 43.1 Å². The molecule has 0 spiro atoms. The molecule has 0 aromatic rings. The number of hydrogen-bond donors (Lipinski definition) is 1. The number of amidine groups is 1. The van der Waals surface area contributed by atoms with Gasteiger partial charge >= 0.3 is 0 Å². The summed E-state index contributed by atoms with van der Waals surface area (Å²) in [6.45, 7) is 9.76. The van der Waals surface area contributed by atoms with Crippen LogP contribution in [0.25, 0.3) is 0 Å². The number of allylic oxidation sites excluding steroid dienone is 1. The van der Waals surface area contributed by atoms with Gasteiger partial charge < -0.3 is 15.0 Å². The second-order valence-corrected chi connectivity index (χ2v) is 7.62. The molecule has 1 saturated heterocycles. The molecule has 0 radical (unpaired) electrons. The number of nitrogens with one attached hydrogen (secondary N) is 1. The molecule has 1 atom stereocenters. The van der Waals surface area contributed by atoms with Crippen LogP contribution in [0.4, 0.5) is 0 Å². The topological polar surface area (TPSA) is 36.9 Å². The monoisotopic (exact) mass is 303 g/mol. The van der Waals surface area contributed by atoms with Gasteiger partial charge in [0.15, 0.2) is 0 Å². The molecule has 122 valence electrons. The predicted molar refractivity (Wildman–Crippen MR) is 90.8 cm³/mol. The van der Waals surface area contributed by atoms with Crippen LogP contribution in [0.3, 0.4) is 0 Å². The van der Waals surface area contributed by atoms with E-state index in [0.717, 1.165) is 32.1 Å². The van der Waals surface area contributed by atoms with Crippen LogP contribution in [0.1, 0.15) is 40.0 Å². The van der Waals surface area contributed by atoms with Crippen molar-refractivity contribution in [1.82, 2.24) is 10.2 Å². The zero-order valence-electron chi connectivity index (χ0n) is 14.4. The largest absolute Gasteiger partial charge is 0.388 e. The summed E-state index contributed by atoms with van der Waals surface area (Å²) in [4.78, 5) is 7.59. The van der Waals surface area contributed by atoms with E-state index in [-0.39, 0.29) is 5.41 Å². The molecular formula is C18H29N3O. The zero-order valence-corrected chi connectivity index (χ0v) is 14.4. The quantitative estimate of drug-likeness (QED) is 0.871. The van der Waals surface area contributed by atoms with Gasteiger partial charge in [-0.3, -0.25) is 0 Å². The minimum atomic E-state index is 0.0865. The summed E-state index contributed by atoms with van der Waals surface area (Å²) < 4.78 is 5.52. The molecule has 0 aromatic carbocycles. The SMILES string of the molecule is CNC1=CCC2C(=C1)N=C(C(C)(C)C)N2CC1CCOCC1. The summed E-state index contributed by atoms with van der Waals surface area (Å²) >= 11 is 0. The Hall–Kier alpha value is -1.29. The lowest BCUT2D eigenvalue weighted by atomic mass is 9.91. The molecule has 3 aliphatic rings. The van der Waals surface area contributed by atoms with Gasteiger partial charge in [0, 0.05) is 37.9 Å². The number of likely N-dealkylation sites (N-methyl/N-ethyl adjacent to an activating group) is 1. The third-order valence-corrected chi connectivity index (χ3v) is 4.84. The maximum Gasteiger partial charge on any atom is 0.110 e. The minimum absolute atomic E-state index is 0.0865. The third kappa shape index (κ3) is 3.07. The Morgan fingerprint density at radius 1 is 1.32 bits per heavy atom. The van der Waals surface area contributed by atoms with Crippen molar-refractivity contribution in [2.75, 3.05) is 26.8 Å². The maximum atomic E-state index is 5.52. The van der Waals surface area contributed by atoms with Crippen LogP contribution in [-0.2, 0) is 4.74 Å². The highest BCUT2D eigenvalue weighted by molar-refractivity contribution is 5.91. The lowest BCUT2D eigenvalue weighted by molar-refractivity contribution is 0.0574. The molecule has 1 fully saturated rings. The molecule has 2 heterocycles. The van der Waals surface area contributed by atoms with Crippen LogP contribution in [-0.4, -0.2) is 43.6 Å². The molecule has 0 bridgehead atoms. The normalized spacial score (nSPS) is 26.3. The summed E-state index contributed by atoms with van der Waals surface area (Å²) in [6.07, 6.45) is 7.92. The fraction of sp³-hybridized carbons (Fsp3) is 0.722. The molecule has 4 nitrogen and oxygen atoms in total. The first kappa shape index (κ1) is 15.6. The second kappa shape index (κ2) is 6.07. The van der Waals surface area contributed by atoms with E-state index in [4.69, 9.17) is 9.73 Å². The molecule has 0 amide bonds. The predicted octanol–water partition coefficient (Wildman–Crippen LogP) is 2.93. The molecule has 22 heavy (non-hydrogen) atoms. The summed E-state index contributed by atoms with van der Waals surface area (Å²) in [5.74, 6) is 1.98. The van der Waals surface area contributed by atoms with E-state index in [1.165, 1.54) is 30.1 Å². The Kier molecular flexibility index (Phi) is 4.31. The molecule has 4 heteroatoms. The van der Waals surface area contributed by atoms with Gasteiger partial charge in [-0.25, -0.2) is 4.99 Å². The Morgan fingerprint density at radius 2 is 2.05 bits per heavy atom. The van der Waals surface area contributed by atoms with E-state index in [1.807, 2.05) is 7.05 Å². The zero-order chi connectivity index (χ0) is 15.7. The summed E-state index contributed by atoms with van der Waals surface area (Å²) in [5.41, 5.74) is 2.50. The van der Waals surface area contributed by atoms with Gasteiger partial charge in [-0.15, -0.1) is 0 Å². The molecule has 1 aliphatic carbocycles. The van der Waals surface area contributed by atoms with Crippen molar-refractivity contribution in [2.45, 2.75) is 46.1 Å². The lowest BCUT2D eigenvalue weighted by Crippen LogP contribution is -2.45. The van der Waals surface area contributed by atoms with E-state index in [0.29, 0.717) is 6.04 Å². The molecule has 1 N–H and O–H groups in total. The van der Waals surface area contributed by atoms with Gasteiger partial charge in [0.05, 0.1) is 11.7 Å². The highest BCUT2D eigenvalue weighted by Gasteiger charge is 2.39. The third-order valence-electron chi connectivity index (χ3n) is 4.84. The van der Waals surface area contributed by atoms with Crippen molar-refractivity contribution in [1.29, 1.82) is 0 Å². The number of fused-ring (bicyclic) bond motifs is 1. The smallest absolute Gasteiger partial charge is 0.110 e. The first-order valence-electron chi connectivity index (χ1n) is 8.52. The first-order valence-corrected chi connectivity index (χ1v) is 8.52. The first-order chi connectivity index (χ1) is 10.5. The van der Waals surface area contributed by atoms with Crippen molar-refractivity contribution in [3.8, 4) is 0 Å². The fourth-order valence-electron chi connectivity index (χ4n) is 3.60. The van der Waals surface area contributed by atoms with Crippen LogP contribution < -0.4 is 5.32 Å². The van der Waals surface area contributed by atoms with Gasteiger partial charge in [0.1, 0.15) is 5.84 Å². The van der Waals surface area contributed by atoms with E-state index in [9.17, 15) is 0 Å². The Morgan fingerprint density at radius 3 is 2.68 bits per heavy atom. The Bertz CT molecular complexity index is 507. The van der Waals surface area contributed by atoms with Crippen LogP contribution in [0.5, 0.6) is 0 Å². The average molecular weight is 303 g/mol.